The quantitative estimate of drug-likeness (QED) is 0.499. The molecule has 29 heavy (non-hydrogen) atoms. The zero-order valence-electron chi connectivity index (χ0n) is 15.8. The van der Waals surface area contributed by atoms with Gasteiger partial charge in [-0.3, -0.25) is 4.79 Å². The van der Waals surface area contributed by atoms with Crippen molar-refractivity contribution in [2.75, 3.05) is 0 Å². The Morgan fingerprint density at radius 2 is 1.83 bits per heavy atom. The lowest BCUT2D eigenvalue weighted by molar-refractivity contribution is -0.0241. The second kappa shape index (κ2) is 6.13. The average Bonchev–Trinajstić information content (AvgIpc) is 3.31. The lowest BCUT2D eigenvalue weighted by atomic mass is 9.92. The van der Waals surface area contributed by atoms with Crippen molar-refractivity contribution in [1.82, 2.24) is 15.0 Å². The van der Waals surface area contributed by atoms with Gasteiger partial charge in [-0.05, 0) is 12.1 Å². The van der Waals surface area contributed by atoms with Crippen molar-refractivity contribution in [3.8, 4) is 17.0 Å². The summed E-state index contributed by atoms with van der Waals surface area (Å²) in [4.78, 5) is 25.1. The van der Waals surface area contributed by atoms with Gasteiger partial charge in [0.2, 0.25) is 5.78 Å². The Hall–Kier alpha value is -3.74. The maximum Gasteiger partial charge on any atom is 0.336 e. The number of aromatic nitrogens is 3. The van der Waals surface area contributed by atoms with Crippen LogP contribution in [0.2, 0.25) is 0 Å². The number of hydrogen-bond donors (Lipinski definition) is 0. The van der Waals surface area contributed by atoms with Crippen LogP contribution in [0.4, 0.5) is 0 Å². The molecule has 7 nitrogen and oxygen atoms in total. The smallest absolute Gasteiger partial charge is 0.336 e. The largest absolute Gasteiger partial charge is 0.457 e. The Balaban J connectivity index is 1.65. The Morgan fingerprint density at radius 3 is 2.59 bits per heavy atom. The molecule has 7 heteroatoms. The minimum absolute atomic E-state index is 0.208. The molecule has 2 aromatic carbocycles. The summed E-state index contributed by atoms with van der Waals surface area (Å²) < 4.78 is 12.9. The van der Waals surface area contributed by atoms with E-state index in [2.05, 4.69) is 10.3 Å². The minimum atomic E-state index is -1.36. The fourth-order valence-corrected chi connectivity index (χ4v) is 3.73. The molecule has 0 saturated carbocycles. The van der Waals surface area contributed by atoms with E-state index >= 15 is 0 Å². The summed E-state index contributed by atoms with van der Waals surface area (Å²) in [7, 11) is 0. The summed E-state index contributed by atoms with van der Waals surface area (Å²) in [6.45, 7) is 3.79. The average molecular weight is 387 g/mol. The van der Waals surface area contributed by atoms with Gasteiger partial charge >= 0.3 is 5.63 Å². The molecule has 1 aliphatic rings. The van der Waals surface area contributed by atoms with Gasteiger partial charge in [0.05, 0.1) is 11.8 Å². The summed E-state index contributed by atoms with van der Waals surface area (Å²) in [6, 6.07) is 15.8. The van der Waals surface area contributed by atoms with Gasteiger partial charge in [0, 0.05) is 29.0 Å². The van der Waals surface area contributed by atoms with Crippen molar-refractivity contribution in [2.45, 2.75) is 19.6 Å². The highest BCUT2D eigenvalue weighted by atomic mass is 16.5. The number of ether oxygens (including phenoxy) is 1. The Labute approximate surface area is 165 Å². The number of Topliss-reactive ketones (excluding diaryl/α,β-unsaturated/α-hetero) is 1. The van der Waals surface area contributed by atoms with E-state index in [9.17, 15) is 9.59 Å². The van der Waals surface area contributed by atoms with Gasteiger partial charge < -0.3 is 9.15 Å². The van der Waals surface area contributed by atoms with Crippen molar-refractivity contribution in [3.63, 3.8) is 0 Å². The molecular weight excluding hydrogens is 370 g/mol. The van der Waals surface area contributed by atoms with Crippen LogP contribution in [0.15, 0.2) is 70.0 Å². The molecule has 1 unspecified atom stereocenters. The second-order valence-corrected chi connectivity index (χ2v) is 7.34. The van der Waals surface area contributed by atoms with Gasteiger partial charge in [-0.15, -0.1) is 5.10 Å². The first-order valence-electron chi connectivity index (χ1n) is 9.29. The maximum atomic E-state index is 13.5. The molecule has 1 atom stereocenters. The van der Waals surface area contributed by atoms with Gasteiger partial charge in [0.25, 0.3) is 5.72 Å². The van der Waals surface area contributed by atoms with Crippen LogP contribution >= 0.6 is 0 Å². The van der Waals surface area contributed by atoms with Crippen LogP contribution in [0.1, 0.15) is 24.2 Å². The van der Waals surface area contributed by atoms with E-state index in [1.54, 1.807) is 24.4 Å². The molecule has 2 aromatic heterocycles. The van der Waals surface area contributed by atoms with Crippen LogP contribution in [0.25, 0.3) is 22.2 Å². The van der Waals surface area contributed by atoms with Crippen LogP contribution < -0.4 is 10.4 Å². The molecule has 144 valence electrons. The first kappa shape index (κ1) is 17.4. The highest BCUT2D eigenvalue weighted by Gasteiger charge is 2.53. The number of carbonyl (C=O) groups excluding carboxylic acids is 1. The van der Waals surface area contributed by atoms with Crippen LogP contribution in [0, 0.1) is 5.92 Å². The molecule has 1 aliphatic heterocycles. The number of ketones is 1. The molecule has 0 fully saturated rings. The Bertz CT molecular complexity index is 1310. The third-order valence-corrected chi connectivity index (χ3v) is 5.24. The fourth-order valence-electron chi connectivity index (χ4n) is 3.73. The zero-order valence-corrected chi connectivity index (χ0v) is 15.8. The summed E-state index contributed by atoms with van der Waals surface area (Å²) in [6.07, 6.45) is 1.72. The van der Waals surface area contributed by atoms with E-state index in [4.69, 9.17) is 9.15 Å². The number of carbonyl (C=O) groups is 1. The van der Waals surface area contributed by atoms with E-state index in [1.165, 1.54) is 10.7 Å². The first-order valence-corrected chi connectivity index (χ1v) is 9.29. The summed E-state index contributed by atoms with van der Waals surface area (Å²) in [5, 5.41) is 9.13. The van der Waals surface area contributed by atoms with Crippen molar-refractivity contribution in [1.29, 1.82) is 0 Å². The monoisotopic (exact) mass is 387 g/mol. The summed E-state index contributed by atoms with van der Waals surface area (Å²) in [5.74, 6) is -0.0785. The highest BCUT2D eigenvalue weighted by Crippen LogP contribution is 2.44. The number of rotatable bonds is 3. The Kier molecular flexibility index (Phi) is 3.67. The van der Waals surface area contributed by atoms with E-state index in [0.717, 1.165) is 5.56 Å². The van der Waals surface area contributed by atoms with Gasteiger partial charge in [0.15, 0.2) is 0 Å². The van der Waals surface area contributed by atoms with Crippen molar-refractivity contribution in [2.24, 2.45) is 5.92 Å². The minimum Gasteiger partial charge on any atom is -0.457 e. The van der Waals surface area contributed by atoms with Gasteiger partial charge in [-0.2, -0.15) is 0 Å². The molecule has 5 rings (SSSR count). The predicted octanol–water partition coefficient (Wildman–Crippen LogP) is 3.64. The molecule has 4 aromatic rings. The zero-order chi connectivity index (χ0) is 20.2. The molecule has 0 radical (unpaired) electrons. The second-order valence-electron chi connectivity index (χ2n) is 7.34. The number of fused-ring (bicyclic) bond motifs is 2. The number of nitrogens with zero attached hydrogens (tertiary/aromatic N) is 3. The lowest BCUT2D eigenvalue weighted by Crippen LogP contribution is -2.48. The molecule has 0 bridgehead atoms. The number of hydrogen-bond acceptors (Lipinski definition) is 6. The highest BCUT2D eigenvalue weighted by molar-refractivity contribution is 6.08. The Morgan fingerprint density at radius 1 is 1.03 bits per heavy atom. The third kappa shape index (κ3) is 2.51. The van der Waals surface area contributed by atoms with Gasteiger partial charge in [0.1, 0.15) is 17.0 Å². The topological polar surface area (TPSA) is 87.2 Å². The van der Waals surface area contributed by atoms with Crippen LogP contribution in [-0.2, 0) is 5.72 Å². The van der Waals surface area contributed by atoms with Crippen LogP contribution in [-0.4, -0.2) is 20.8 Å². The SMILES string of the molecule is CC(C)C1(n2cc(-c3ccccc3)nn2)Oc2cc3oc(=O)ccc3cc2C1=O. The predicted molar refractivity (Wildman–Crippen MR) is 106 cm³/mol. The molecule has 0 aliphatic carbocycles. The van der Waals surface area contributed by atoms with Crippen LogP contribution in [0.5, 0.6) is 5.75 Å². The normalized spacial score (nSPS) is 18.2. The molecule has 3 heterocycles. The molecule has 0 amide bonds. The standard InChI is InChI=1S/C22H17N3O4/c1-13(2)22(25-12-17(23-24-25)14-6-4-3-5-7-14)21(27)16-10-15-8-9-20(26)28-18(15)11-19(16)29-22/h3-13H,1-2H3. The third-order valence-electron chi connectivity index (χ3n) is 5.24. The lowest BCUT2D eigenvalue weighted by Gasteiger charge is -2.30. The maximum absolute atomic E-state index is 13.5. The van der Waals surface area contributed by atoms with Gasteiger partial charge in [-0.25, -0.2) is 9.48 Å². The van der Waals surface area contributed by atoms with E-state index < -0.39 is 11.4 Å². The van der Waals surface area contributed by atoms with Gasteiger partial charge in [-0.1, -0.05) is 49.4 Å². The fraction of sp³-hybridized carbons (Fsp3) is 0.182. The summed E-state index contributed by atoms with van der Waals surface area (Å²) >= 11 is 0. The van der Waals surface area contributed by atoms with Crippen LogP contribution in [0.3, 0.4) is 0 Å². The molecule has 0 spiro atoms. The van der Waals surface area contributed by atoms with E-state index in [-0.39, 0.29) is 11.7 Å². The van der Waals surface area contributed by atoms with Crippen molar-refractivity contribution < 1.29 is 13.9 Å². The number of benzene rings is 2. The van der Waals surface area contributed by atoms with Crippen molar-refractivity contribution in [3.05, 3.63) is 76.8 Å². The molecule has 0 saturated heterocycles. The van der Waals surface area contributed by atoms with E-state index in [1.807, 2.05) is 44.2 Å². The summed E-state index contributed by atoms with van der Waals surface area (Å²) in [5.41, 5.74) is 0.520. The molecule has 0 N–H and O–H groups in total. The van der Waals surface area contributed by atoms with E-state index in [0.29, 0.717) is 28.0 Å². The van der Waals surface area contributed by atoms with Crippen molar-refractivity contribution >= 4 is 16.8 Å². The first-order chi connectivity index (χ1) is 14.0. The molecular formula is C22H17N3O4.